The molecule has 0 saturated heterocycles. The third-order valence-corrected chi connectivity index (χ3v) is 4.89. The van der Waals surface area contributed by atoms with Gasteiger partial charge in [0.2, 0.25) is 5.95 Å². The van der Waals surface area contributed by atoms with Gasteiger partial charge in [-0.3, -0.25) is 0 Å². The summed E-state index contributed by atoms with van der Waals surface area (Å²) in [5.74, 6) is 1.42. The highest BCUT2D eigenvalue weighted by Crippen LogP contribution is 2.33. The van der Waals surface area contributed by atoms with Crippen LogP contribution in [0.1, 0.15) is 23.0 Å². The number of benzene rings is 2. The zero-order valence-corrected chi connectivity index (χ0v) is 16.4. The van der Waals surface area contributed by atoms with Crippen molar-refractivity contribution in [3.63, 3.8) is 0 Å². The number of aryl methyl sites for hydroxylation is 1. The summed E-state index contributed by atoms with van der Waals surface area (Å²) in [5.41, 5.74) is 2.85. The number of aromatic nitrogens is 3. The molecule has 8 heteroatoms. The van der Waals surface area contributed by atoms with Crippen molar-refractivity contribution in [2.24, 2.45) is 0 Å². The van der Waals surface area contributed by atoms with Crippen molar-refractivity contribution in [3.8, 4) is 5.75 Å². The second-order valence-electron chi connectivity index (χ2n) is 6.03. The zero-order valence-electron chi connectivity index (χ0n) is 14.2. The van der Waals surface area contributed by atoms with Gasteiger partial charge in [-0.2, -0.15) is 18.9 Å². The molecule has 1 unspecified atom stereocenters. The van der Waals surface area contributed by atoms with Crippen LogP contribution in [0.5, 0.6) is 5.75 Å². The van der Waals surface area contributed by atoms with Crippen LogP contribution in [0.25, 0.3) is 5.70 Å². The first-order valence-corrected chi connectivity index (χ1v) is 9.30. The van der Waals surface area contributed by atoms with E-state index in [4.69, 9.17) is 0 Å². The molecule has 0 radical (unpaired) electrons. The Morgan fingerprint density at radius 1 is 1.11 bits per heavy atom. The van der Waals surface area contributed by atoms with E-state index in [2.05, 4.69) is 42.7 Å². The molecule has 2 heterocycles. The predicted molar refractivity (Wildman–Crippen MR) is 107 cm³/mol. The van der Waals surface area contributed by atoms with Gasteiger partial charge in [-0.1, -0.05) is 24.3 Å². The number of hydrogen-bond acceptors (Lipinski definition) is 4. The van der Waals surface area contributed by atoms with Crippen molar-refractivity contribution in [3.05, 3.63) is 75.1 Å². The maximum absolute atomic E-state index is 12.4. The molecule has 4 rings (SSSR count). The Morgan fingerprint density at radius 2 is 1.81 bits per heavy atom. The second kappa shape index (κ2) is 7.26. The Bertz CT molecular complexity index is 984. The maximum atomic E-state index is 12.4. The van der Waals surface area contributed by atoms with Gasteiger partial charge in [-0.15, -0.1) is 0 Å². The van der Waals surface area contributed by atoms with E-state index in [-0.39, 0.29) is 11.8 Å². The molecule has 1 aliphatic heterocycles. The Balaban J connectivity index is 1.73. The Kier molecular flexibility index (Phi) is 4.81. The van der Waals surface area contributed by atoms with E-state index in [0.717, 1.165) is 20.4 Å². The molecule has 138 valence electrons. The van der Waals surface area contributed by atoms with Crippen molar-refractivity contribution >= 4 is 34.2 Å². The van der Waals surface area contributed by atoms with Crippen LogP contribution in [0.15, 0.2) is 54.6 Å². The van der Waals surface area contributed by atoms with E-state index in [1.165, 1.54) is 12.1 Å². The van der Waals surface area contributed by atoms with Gasteiger partial charge in [0, 0.05) is 9.27 Å². The van der Waals surface area contributed by atoms with E-state index < -0.39 is 6.61 Å². The highest BCUT2D eigenvalue weighted by atomic mass is 127. The van der Waals surface area contributed by atoms with E-state index >= 15 is 0 Å². The number of fused-ring (bicyclic) bond motifs is 1. The lowest BCUT2D eigenvalue weighted by Gasteiger charge is -2.24. The fraction of sp³-hybridized carbons (Fsp3) is 0.158. The van der Waals surface area contributed by atoms with Crippen LogP contribution in [0.2, 0.25) is 0 Å². The minimum absolute atomic E-state index is 0.125. The van der Waals surface area contributed by atoms with Crippen LogP contribution in [-0.2, 0) is 0 Å². The number of halogens is 3. The summed E-state index contributed by atoms with van der Waals surface area (Å²) in [7, 11) is 0. The Morgan fingerprint density at radius 3 is 2.48 bits per heavy atom. The number of anilines is 1. The molecule has 0 fully saturated rings. The largest absolute Gasteiger partial charge is 0.435 e. The fourth-order valence-electron chi connectivity index (χ4n) is 2.98. The topological polar surface area (TPSA) is 52.0 Å². The minimum atomic E-state index is -2.84. The molecule has 1 aliphatic rings. The molecule has 1 aromatic heterocycles. The van der Waals surface area contributed by atoms with Crippen LogP contribution in [0, 0.1) is 10.5 Å². The van der Waals surface area contributed by atoms with Gasteiger partial charge < -0.3 is 10.1 Å². The first-order valence-electron chi connectivity index (χ1n) is 8.22. The van der Waals surface area contributed by atoms with Crippen LogP contribution < -0.4 is 10.1 Å². The van der Waals surface area contributed by atoms with E-state index in [1.54, 1.807) is 16.8 Å². The molecule has 1 atom stereocenters. The molecule has 0 amide bonds. The van der Waals surface area contributed by atoms with Crippen molar-refractivity contribution in [2.75, 3.05) is 5.32 Å². The Hall–Kier alpha value is -2.49. The molecule has 2 aromatic carbocycles. The number of nitrogens with zero attached hydrogens (tertiary/aromatic N) is 3. The smallest absolute Gasteiger partial charge is 0.387 e. The van der Waals surface area contributed by atoms with Gasteiger partial charge in [-0.05, 0) is 71.0 Å². The number of ether oxygens (including phenoxy) is 1. The minimum Gasteiger partial charge on any atom is -0.435 e. The van der Waals surface area contributed by atoms with Gasteiger partial charge in [0.15, 0.2) is 0 Å². The summed E-state index contributed by atoms with van der Waals surface area (Å²) in [6, 6.07) is 14.5. The highest BCUT2D eigenvalue weighted by Gasteiger charge is 2.24. The fourth-order valence-corrected chi connectivity index (χ4v) is 3.34. The lowest BCUT2D eigenvalue weighted by Crippen LogP contribution is -2.20. The molecule has 27 heavy (non-hydrogen) atoms. The van der Waals surface area contributed by atoms with Crippen LogP contribution in [-0.4, -0.2) is 21.4 Å². The number of hydrogen-bond donors (Lipinski definition) is 1. The average Bonchev–Trinajstić information content (AvgIpc) is 3.02. The highest BCUT2D eigenvalue weighted by molar-refractivity contribution is 14.1. The number of rotatable bonds is 4. The van der Waals surface area contributed by atoms with Crippen LogP contribution >= 0.6 is 22.6 Å². The number of alkyl halides is 2. The third kappa shape index (κ3) is 3.80. The first kappa shape index (κ1) is 17.9. The summed E-state index contributed by atoms with van der Waals surface area (Å²) in [5, 5.41) is 7.78. The summed E-state index contributed by atoms with van der Waals surface area (Å²) in [4.78, 5) is 4.45. The monoisotopic (exact) mass is 480 g/mol. The Labute approximate surface area is 168 Å². The zero-order chi connectivity index (χ0) is 19.0. The predicted octanol–water partition coefficient (Wildman–Crippen LogP) is 4.85. The van der Waals surface area contributed by atoms with Crippen LogP contribution in [0.3, 0.4) is 0 Å². The van der Waals surface area contributed by atoms with E-state index in [1.807, 2.05) is 37.3 Å². The standard InChI is InChI=1S/C19H15F2IN4O/c1-11-23-19-24-16(12-2-6-14(22)7-3-12)10-17(26(19)25-11)13-4-8-15(9-5-13)27-18(20)21/h2-10,17-18H,1H3,(H,23,24,25). The van der Waals surface area contributed by atoms with Crippen molar-refractivity contribution < 1.29 is 13.5 Å². The second-order valence-corrected chi connectivity index (χ2v) is 7.28. The lowest BCUT2D eigenvalue weighted by atomic mass is 10.0. The SMILES string of the molecule is Cc1nc2n(n1)C(c1ccc(OC(F)F)cc1)C=C(c1ccc(I)cc1)N2. The number of nitrogens with one attached hydrogen (secondary N) is 1. The lowest BCUT2D eigenvalue weighted by molar-refractivity contribution is -0.0498. The molecular weight excluding hydrogens is 465 g/mol. The summed E-state index contributed by atoms with van der Waals surface area (Å²) < 4.78 is 32.1. The van der Waals surface area contributed by atoms with E-state index in [9.17, 15) is 8.78 Å². The first-order chi connectivity index (χ1) is 13.0. The molecule has 5 nitrogen and oxygen atoms in total. The van der Waals surface area contributed by atoms with E-state index in [0.29, 0.717) is 11.8 Å². The van der Waals surface area contributed by atoms with Crippen LogP contribution in [0.4, 0.5) is 14.7 Å². The average molecular weight is 480 g/mol. The quantitative estimate of drug-likeness (QED) is 0.543. The van der Waals surface area contributed by atoms with Gasteiger partial charge in [-0.25, -0.2) is 4.68 Å². The molecular formula is C19H15F2IN4O. The summed E-state index contributed by atoms with van der Waals surface area (Å²) >= 11 is 2.26. The van der Waals surface area contributed by atoms with Gasteiger partial charge in [0.05, 0.1) is 0 Å². The molecule has 0 aliphatic carbocycles. The number of allylic oxidation sites excluding steroid dienone is 1. The van der Waals surface area contributed by atoms with Gasteiger partial charge >= 0.3 is 6.61 Å². The summed E-state index contributed by atoms with van der Waals surface area (Å²) in [6.45, 7) is -1.01. The van der Waals surface area contributed by atoms with Gasteiger partial charge in [0.25, 0.3) is 0 Å². The third-order valence-electron chi connectivity index (χ3n) is 4.17. The van der Waals surface area contributed by atoms with Gasteiger partial charge in [0.1, 0.15) is 17.6 Å². The molecule has 0 saturated carbocycles. The molecule has 3 aromatic rings. The summed E-state index contributed by atoms with van der Waals surface area (Å²) in [6.07, 6.45) is 2.05. The maximum Gasteiger partial charge on any atom is 0.387 e. The normalized spacial score (nSPS) is 15.9. The van der Waals surface area contributed by atoms with Crippen molar-refractivity contribution in [2.45, 2.75) is 19.6 Å². The molecule has 0 spiro atoms. The molecule has 0 bridgehead atoms. The van der Waals surface area contributed by atoms with Crippen molar-refractivity contribution in [1.82, 2.24) is 14.8 Å². The van der Waals surface area contributed by atoms with Crippen molar-refractivity contribution in [1.29, 1.82) is 0 Å². The molecule has 1 N–H and O–H groups in total.